The van der Waals surface area contributed by atoms with E-state index in [4.69, 9.17) is 11.6 Å². The first kappa shape index (κ1) is 29.9. The lowest BCUT2D eigenvalue weighted by Crippen LogP contribution is -2.45. The van der Waals surface area contributed by atoms with Crippen LogP contribution in [-0.4, -0.2) is 26.6 Å². The van der Waals surface area contributed by atoms with E-state index in [-0.39, 0.29) is 27.2 Å². The van der Waals surface area contributed by atoms with Crippen LogP contribution in [0, 0.1) is 27.3 Å². The number of halogens is 6. The van der Waals surface area contributed by atoms with Gasteiger partial charge in [-0.25, -0.2) is 4.39 Å². The number of anilines is 1. The number of nitro benzene ring substituents is 1. The first-order chi connectivity index (χ1) is 16.5. The molecule has 0 amide bonds. The van der Waals surface area contributed by atoms with Crippen LogP contribution in [0.3, 0.4) is 0 Å². The number of nitro groups is 1. The van der Waals surface area contributed by atoms with Crippen LogP contribution < -0.4 is 14.8 Å². The van der Waals surface area contributed by atoms with Gasteiger partial charge in [0.25, 0.3) is 5.69 Å². The van der Waals surface area contributed by atoms with Crippen LogP contribution in [0.4, 0.5) is 28.9 Å². The quantitative estimate of drug-likeness (QED) is 0.142. The van der Waals surface area contributed by atoms with E-state index in [0.29, 0.717) is 6.07 Å². The van der Waals surface area contributed by atoms with Crippen LogP contribution in [0.1, 0.15) is 38.8 Å². The molecule has 0 aliphatic heterocycles. The summed E-state index contributed by atoms with van der Waals surface area (Å²) < 4.78 is 71.6. The van der Waals surface area contributed by atoms with Crippen molar-refractivity contribution in [1.82, 2.24) is 4.72 Å². The number of alkyl halides is 3. The molecule has 36 heavy (non-hydrogen) atoms. The Labute approximate surface area is 220 Å². The highest BCUT2D eigenvalue weighted by Crippen LogP contribution is 2.41. The predicted molar refractivity (Wildman–Crippen MR) is 130 cm³/mol. The van der Waals surface area contributed by atoms with Gasteiger partial charge in [0.1, 0.15) is 28.0 Å². The number of nitrogens with one attached hydrogen (secondary N) is 2. The monoisotopic (exact) mass is 614 g/mol. The first-order valence-electron chi connectivity index (χ1n) is 10.0. The van der Waals surface area contributed by atoms with Crippen molar-refractivity contribution < 1.29 is 31.8 Å². The number of rotatable bonds is 9. The van der Waals surface area contributed by atoms with Crippen molar-refractivity contribution in [1.29, 1.82) is 5.26 Å². The van der Waals surface area contributed by atoms with Gasteiger partial charge in [0.15, 0.2) is 0 Å². The Bertz CT molecular complexity index is 1160. The zero-order valence-electron chi connectivity index (χ0n) is 19.0. The molecule has 0 saturated heterocycles. The van der Waals surface area contributed by atoms with Crippen LogP contribution in [0.25, 0.3) is 0 Å². The summed E-state index contributed by atoms with van der Waals surface area (Å²) in [4.78, 5) is 10.7. The molecular weight excluding hydrogens is 596 g/mol. The third-order valence-electron chi connectivity index (χ3n) is 4.58. The molecule has 0 aliphatic rings. The normalized spacial score (nSPS) is 14.5. The predicted octanol–water partition coefficient (Wildman–Crippen LogP) is 6.54. The van der Waals surface area contributed by atoms with Crippen molar-refractivity contribution in [3.8, 4) is 11.8 Å². The minimum atomic E-state index is -5.10. The highest BCUT2D eigenvalue weighted by Gasteiger charge is 2.36. The topological polar surface area (TPSA) is 123 Å². The van der Waals surface area contributed by atoms with E-state index in [1.165, 1.54) is 12.1 Å². The van der Waals surface area contributed by atoms with Gasteiger partial charge in [-0.15, -0.1) is 17.9 Å². The second-order valence-corrected chi connectivity index (χ2v) is 11.6. The lowest BCUT2D eigenvalue weighted by molar-refractivity contribution is -0.384. The second-order valence-electron chi connectivity index (χ2n) is 8.35. The van der Waals surface area contributed by atoms with Gasteiger partial charge in [0, 0.05) is 28.4 Å². The Morgan fingerprint density at radius 3 is 2.47 bits per heavy atom. The van der Waals surface area contributed by atoms with Gasteiger partial charge >= 0.3 is 6.36 Å². The molecule has 0 radical (unpaired) electrons. The molecule has 3 atom stereocenters. The lowest BCUT2D eigenvalue weighted by atomic mass is 9.98. The van der Waals surface area contributed by atoms with Gasteiger partial charge in [-0.1, -0.05) is 17.7 Å². The molecule has 2 aromatic carbocycles. The Morgan fingerprint density at radius 2 is 1.94 bits per heavy atom. The first-order valence-corrected chi connectivity index (χ1v) is 12.4. The maximum Gasteiger partial charge on any atom is 0.573 e. The lowest BCUT2D eigenvalue weighted by Gasteiger charge is -2.29. The zero-order valence-corrected chi connectivity index (χ0v) is 22.1. The van der Waals surface area contributed by atoms with Gasteiger partial charge < -0.3 is 14.6 Å². The number of hydrogen-bond acceptors (Lipinski definition) is 7. The molecule has 0 aliphatic carbocycles. The van der Waals surface area contributed by atoms with E-state index in [1.54, 1.807) is 20.8 Å². The third kappa shape index (κ3) is 8.10. The van der Waals surface area contributed by atoms with Crippen molar-refractivity contribution in [3.05, 3.63) is 61.3 Å². The van der Waals surface area contributed by atoms with E-state index in [0.717, 1.165) is 12.1 Å². The summed E-state index contributed by atoms with van der Waals surface area (Å²) in [6.07, 6.45) is -5.46. The largest absolute Gasteiger partial charge is 0.598 e. The third-order valence-corrected chi connectivity index (χ3v) is 7.13. The number of nitrogens with zero attached hydrogens (tertiary/aromatic N) is 2. The smallest absolute Gasteiger partial charge is 0.573 e. The SMILES string of the molecule is CC(C)(C)[S@@+]([O-])N[C@@H](C#N)C[C@@H](Nc1cc(Br)c(F)cc1[N+](=O)[O-])c1c(Cl)cccc1OC(F)(F)F. The number of nitriles is 1. The van der Waals surface area contributed by atoms with E-state index >= 15 is 0 Å². The number of ether oxygens (including phenoxy) is 1. The molecule has 0 heterocycles. The van der Waals surface area contributed by atoms with E-state index in [9.17, 15) is 37.5 Å². The van der Waals surface area contributed by atoms with Crippen LogP contribution in [-0.2, 0) is 11.4 Å². The number of hydrogen-bond donors (Lipinski definition) is 2. The van der Waals surface area contributed by atoms with E-state index < -0.39 is 56.7 Å². The molecule has 8 nitrogen and oxygen atoms in total. The zero-order chi connectivity index (χ0) is 27.4. The molecule has 2 aromatic rings. The van der Waals surface area contributed by atoms with Gasteiger partial charge in [0.05, 0.1) is 27.6 Å². The van der Waals surface area contributed by atoms with Crippen LogP contribution in [0.2, 0.25) is 5.02 Å². The fraction of sp³-hybridized carbons (Fsp3) is 0.381. The molecule has 0 fully saturated rings. The van der Waals surface area contributed by atoms with Crippen molar-refractivity contribution >= 4 is 50.3 Å². The summed E-state index contributed by atoms with van der Waals surface area (Å²) in [5.74, 6) is -1.66. The Morgan fingerprint density at radius 1 is 1.31 bits per heavy atom. The average molecular weight is 616 g/mol. The molecule has 2 N–H and O–H groups in total. The summed E-state index contributed by atoms with van der Waals surface area (Å²) in [5, 5.41) is 23.7. The summed E-state index contributed by atoms with van der Waals surface area (Å²) in [5.41, 5.74) is -1.26. The highest BCUT2D eigenvalue weighted by molar-refractivity contribution is 9.10. The Balaban J connectivity index is 2.64. The maximum atomic E-state index is 14.0. The summed E-state index contributed by atoms with van der Waals surface area (Å²) in [6, 6.07) is 4.47. The van der Waals surface area contributed by atoms with Crippen LogP contribution >= 0.6 is 27.5 Å². The fourth-order valence-electron chi connectivity index (χ4n) is 2.98. The molecule has 0 saturated carbocycles. The molecular formula is C21H20BrClF4N4O4S. The molecule has 196 valence electrons. The Kier molecular flexibility index (Phi) is 9.83. The Hall–Kier alpha value is -2.31. The van der Waals surface area contributed by atoms with Crippen molar-refractivity contribution in [2.75, 3.05) is 5.32 Å². The van der Waals surface area contributed by atoms with Gasteiger partial charge in [-0.3, -0.25) is 10.1 Å². The minimum absolute atomic E-state index is 0.163. The summed E-state index contributed by atoms with van der Waals surface area (Å²) >= 11 is 7.41. The van der Waals surface area contributed by atoms with Crippen molar-refractivity contribution in [2.45, 2.75) is 50.4 Å². The van der Waals surface area contributed by atoms with E-state index in [1.807, 2.05) is 6.07 Å². The second kappa shape index (κ2) is 11.8. The summed E-state index contributed by atoms with van der Waals surface area (Å²) in [7, 11) is 0. The summed E-state index contributed by atoms with van der Waals surface area (Å²) in [6.45, 7) is 4.93. The molecule has 0 spiro atoms. The van der Waals surface area contributed by atoms with Gasteiger partial charge in [-0.05, 0) is 54.9 Å². The van der Waals surface area contributed by atoms with Crippen molar-refractivity contribution in [2.24, 2.45) is 0 Å². The highest BCUT2D eigenvalue weighted by atomic mass is 79.9. The molecule has 0 unspecified atom stereocenters. The maximum absolute atomic E-state index is 14.0. The van der Waals surface area contributed by atoms with Crippen molar-refractivity contribution in [3.63, 3.8) is 0 Å². The van der Waals surface area contributed by atoms with Gasteiger partial charge in [-0.2, -0.15) is 5.26 Å². The minimum Gasteiger partial charge on any atom is -0.598 e. The fourth-order valence-corrected chi connectivity index (χ4v) is 4.38. The van der Waals surface area contributed by atoms with E-state index in [2.05, 4.69) is 30.7 Å². The number of benzene rings is 2. The molecule has 15 heteroatoms. The molecule has 2 rings (SSSR count). The van der Waals surface area contributed by atoms with Crippen LogP contribution in [0.5, 0.6) is 5.75 Å². The van der Waals surface area contributed by atoms with Crippen LogP contribution in [0.15, 0.2) is 34.8 Å². The molecule has 0 bridgehead atoms. The standard InChI is InChI=1S/C21H20BrClF4N4O4S/c1-20(2,3)36(34)30-11(10-28)7-16(19-13(23)5-4-6-18(19)35-21(25,26)27)29-15-8-12(22)14(24)9-17(15)31(32)33/h4-6,8-9,11,16,29-30H,7H2,1-3H3/t11-,16-,36-/m1/s1. The molecule has 0 aromatic heterocycles. The van der Waals surface area contributed by atoms with Gasteiger partial charge in [0.2, 0.25) is 0 Å². The average Bonchev–Trinajstić information content (AvgIpc) is 2.73.